The Bertz CT molecular complexity index is 267. The van der Waals surface area contributed by atoms with Crippen molar-refractivity contribution in [2.75, 3.05) is 19.6 Å². The Labute approximate surface area is 105 Å². The van der Waals surface area contributed by atoms with Gasteiger partial charge in [-0.05, 0) is 30.7 Å². The molecule has 1 saturated heterocycles. The Morgan fingerprint density at radius 3 is 2.59 bits per heavy atom. The van der Waals surface area contributed by atoms with E-state index in [0.29, 0.717) is 11.8 Å². The zero-order valence-electron chi connectivity index (χ0n) is 11.2. The van der Waals surface area contributed by atoms with Crippen molar-refractivity contribution in [3.8, 4) is 0 Å². The average Bonchev–Trinajstić information content (AvgIpc) is 2.74. The molecule has 2 rings (SSSR count). The molecule has 3 heteroatoms. The molecule has 0 radical (unpaired) electrons. The van der Waals surface area contributed by atoms with Gasteiger partial charge in [0.1, 0.15) is 0 Å². The van der Waals surface area contributed by atoms with E-state index in [1.807, 2.05) is 0 Å². The van der Waals surface area contributed by atoms with Gasteiger partial charge >= 0.3 is 0 Å². The fraction of sp³-hybridized carbons (Fsp3) is 0.929. The van der Waals surface area contributed by atoms with Crippen molar-refractivity contribution in [1.29, 1.82) is 0 Å². The maximum Gasteiger partial charge on any atom is 0.224 e. The van der Waals surface area contributed by atoms with Crippen LogP contribution in [0.3, 0.4) is 0 Å². The van der Waals surface area contributed by atoms with E-state index in [-0.39, 0.29) is 11.8 Å². The van der Waals surface area contributed by atoms with E-state index in [1.54, 1.807) is 0 Å². The molecule has 0 aromatic rings. The number of carbonyl (C=O) groups is 1. The minimum absolute atomic E-state index is 0.189. The molecule has 0 aromatic carbocycles. The molecule has 2 N–H and O–H groups in total. The maximum atomic E-state index is 12.1. The summed E-state index contributed by atoms with van der Waals surface area (Å²) in [7, 11) is 0. The monoisotopic (exact) mass is 238 g/mol. The lowest BCUT2D eigenvalue weighted by molar-refractivity contribution is -0.125. The van der Waals surface area contributed by atoms with Crippen molar-refractivity contribution >= 4 is 5.91 Å². The molecule has 4 atom stereocenters. The van der Waals surface area contributed by atoms with Crippen molar-refractivity contribution < 1.29 is 4.79 Å². The van der Waals surface area contributed by atoms with E-state index >= 15 is 0 Å². The summed E-state index contributed by atoms with van der Waals surface area (Å²) in [6, 6.07) is 0. The second-order valence-corrected chi connectivity index (χ2v) is 6.01. The van der Waals surface area contributed by atoms with Gasteiger partial charge in [-0.15, -0.1) is 0 Å². The van der Waals surface area contributed by atoms with Crippen LogP contribution in [0.25, 0.3) is 0 Å². The Balaban J connectivity index is 1.75. The minimum Gasteiger partial charge on any atom is -0.356 e. The summed E-state index contributed by atoms with van der Waals surface area (Å²) in [4.78, 5) is 12.1. The van der Waals surface area contributed by atoms with Crippen LogP contribution >= 0.6 is 0 Å². The Morgan fingerprint density at radius 2 is 1.94 bits per heavy atom. The zero-order valence-corrected chi connectivity index (χ0v) is 11.2. The molecule has 2 aliphatic rings. The molecular weight excluding hydrogens is 212 g/mol. The zero-order chi connectivity index (χ0) is 12.3. The Hall–Kier alpha value is -0.570. The SMILES string of the molecule is CC1CCCCC1CNC(=O)C1CNCC1C. The van der Waals surface area contributed by atoms with Gasteiger partial charge in [0.05, 0.1) is 5.92 Å². The summed E-state index contributed by atoms with van der Waals surface area (Å²) < 4.78 is 0. The van der Waals surface area contributed by atoms with Gasteiger partial charge in [-0.3, -0.25) is 4.79 Å². The van der Waals surface area contributed by atoms with Gasteiger partial charge < -0.3 is 10.6 Å². The minimum atomic E-state index is 0.189. The summed E-state index contributed by atoms with van der Waals surface area (Å²) >= 11 is 0. The molecule has 1 saturated carbocycles. The first kappa shape index (κ1) is 12.9. The molecule has 98 valence electrons. The predicted molar refractivity (Wildman–Crippen MR) is 69.7 cm³/mol. The van der Waals surface area contributed by atoms with Crippen molar-refractivity contribution in [2.45, 2.75) is 39.5 Å². The van der Waals surface area contributed by atoms with Gasteiger partial charge in [-0.1, -0.05) is 33.1 Å². The summed E-state index contributed by atoms with van der Waals surface area (Å²) in [5.74, 6) is 2.42. The van der Waals surface area contributed by atoms with Crippen LogP contribution < -0.4 is 10.6 Å². The van der Waals surface area contributed by atoms with E-state index in [2.05, 4.69) is 24.5 Å². The van der Waals surface area contributed by atoms with Gasteiger partial charge in [-0.2, -0.15) is 0 Å². The van der Waals surface area contributed by atoms with Crippen LogP contribution in [0.1, 0.15) is 39.5 Å². The molecule has 4 unspecified atom stereocenters. The standard InChI is InChI=1S/C14H26N2O/c1-10-5-3-4-6-12(10)8-16-14(17)13-9-15-7-11(13)2/h10-13,15H,3-9H2,1-2H3,(H,16,17). The number of hydrogen-bond acceptors (Lipinski definition) is 2. The fourth-order valence-corrected chi connectivity index (χ4v) is 3.22. The highest BCUT2D eigenvalue weighted by atomic mass is 16.1. The molecule has 17 heavy (non-hydrogen) atoms. The first-order valence-corrected chi connectivity index (χ1v) is 7.17. The number of amides is 1. The molecule has 2 fully saturated rings. The molecule has 3 nitrogen and oxygen atoms in total. The van der Waals surface area contributed by atoms with E-state index < -0.39 is 0 Å². The third-order valence-corrected chi connectivity index (χ3v) is 4.68. The lowest BCUT2D eigenvalue weighted by Gasteiger charge is -2.29. The number of carbonyl (C=O) groups excluding carboxylic acids is 1. The quantitative estimate of drug-likeness (QED) is 0.787. The van der Waals surface area contributed by atoms with E-state index in [4.69, 9.17) is 0 Å². The van der Waals surface area contributed by atoms with Crippen LogP contribution in [-0.4, -0.2) is 25.5 Å². The molecule has 1 heterocycles. The summed E-state index contributed by atoms with van der Waals surface area (Å²) in [5.41, 5.74) is 0. The molecular formula is C14H26N2O. The van der Waals surface area contributed by atoms with E-state index in [1.165, 1.54) is 25.7 Å². The summed E-state index contributed by atoms with van der Waals surface area (Å²) in [5, 5.41) is 6.47. The molecule has 0 bridgehead atoms. The average molecular weight is 238 g/mol. The first-order valence-electron chi connectivity index (χ1n) is 7.17. The normalized spacial score (nSPS) is 38.0. The molecule has 1 aliphatic heterocycles. The van der Waals surface area contributed by atoms with Crippen molar-refractivity contribution in [2.24, 2.45) is 23.7 Å². The predicted octanol–water partition coefficient (Wildman–Crippen LogP) is 1.78. The number of hydrogen-bond donors (Lipinski definition) is 2. The smallest absolute Gasteiger partial charge is 0.224 e. The second-order valence-electron chi connectivity index (χ2n) is 6.01. The van der Waals surface area contributed by atoms with Gasteiger partial charge in [0.15, 0.2) is 0 Å². The highest BCUT2D eigenvalue weighted by molar-refractivity contribution is 5.79. The summed E-state index contributed by atoms with van der Waals surface area (Å²) in [6.07, 6.45) is 5.34. The molecule has 0 spiro atoms. The lowest BCUT2D eigenvalue weighted by atomic mass is 9.80. The van der Waals surface area contributed by atoms with Gasteiger partial charge in [-0.25, -0.2) is 0 Å². The molecule has 0 aromatic heterocycles. The van der Waals surface area contributed by atoms with Crippen LogP contribution in [0.5, 0.6) is 0 Å². The van der Waals surface area contributed by atoms with Crippen molar-refractivity contribution in [1.82, 2.24) is 10.6 Å². The largest absolute Gasteiger partial charge is 0.356 e. The Kier molecular flexibility index (Phi) is 4.43. The van der Waals surface area contributed by atoms with Gasteiger partial charge in [0.25, 0.3) is 0 Å². The van der Waals surface area contributed by atoms with Crippen LogP contribution in [0.15, 0.2) is 0 Å². The highest BCUT2D eigenvalue weighted by Gasteiger charge is 2.30. The number of nitrogens with one attached hydrogen (secondary N) is 2. The van der Waals surface area contributed by atoms with E-state index in [0.717, 1.165) is 25.6 Å². The fourth-order valence-electron chi connectivity index (χ4n) is 3.22. The maximum absolute atomic E-state index is 12.1. The van der Waals surface area contributed by atoms with Crippen LogP contribution in [0, 0.1) is 23.7 Å². The van der Waals surface area contributed by atoms with Crippen molar-refractivity contribution in [3.05, 3.63) is 0 Å². The third-order valence-electron chi connectivity index (χ3n) is 4.68. The summed E-state index contributed by atoms with van der Waals surface area (Å²) in [6.45, 7) is 7.22. The van der Waals surface area contributed by atoms with E-state index in [9.17, 15) is 4.79 Å². The molecule has 1 amide bonds. The van der Waals surface area contributed by atoms with Crippen LogP contribution in [-0.2, 0) is 4.79 Å². The highest BCUT2D eigenvalue weighted by Crippen LogP contribution is 2.29. The first-order chi connectivity index (χ1) is 8.18. The van der Waals surface area contributed by atoms with Crippen LogP contribution in [0.2, 0.25) is 0 Å². The van der Waals surface area contributed by atoms with Gasteiger partial charge in [0.2, 0.25) is 5.91 Å². The topological polar surface area (TPSA) is 41.1 Å². The van der Waals surface area contributed by atoms with Crippen molar-refractivity contribution in [3.63, 3.8) is 0 Å². The van der Waals surface area contributed by atoms with Gasteiger partial charge in [0, 0.05) is 13.1 Å². The lowest BCUT2D eigenvalue weighted by Crippen LogP contribution is -2.39. The Morgan fingerprint density at radius 1 is 1.18 bits per heavy atom. The number of rotatable bonds is 3. The van der Waals surface area contributed by atoms with Crippen LogP contribution in [0.4, 0.5) is 0 Å². The second kappa shape index (κ2) is 5.85. The third kappa shape index (κ3) is 3.21. The molecule has 1 aliphatic carbocycles.